The van der Waals surface area contributed by atoms with Crippen LogP contribution in [0.1, 0.15) is 0 Å². The summed E-state index contributed by atoms with van der Waals surface area (Å²) in [6.45, 7) is 0. The Balaban J connectivity index is 1.94. The smallest absolute Gasteiger partial charge is 0.136 e. The quantitative estimate of drug-likeness (QED) is 0.665. The topological polar surface area (TPSA) is 17.3 Å². The molecule has 0 aliphatic rings. The Morgan fingerprint density at radius 1 is 0.938 bits per heavy atom. The van der Waals surface area contributed by atoms with E-state index in [0.29, 0.717) is 0 Å². The van der Waals surface area contributed by atoms with Crippen molar-refractivity contribution in [3.05, 3.63) is 61.1 Å². The highest BCUT2D eigenvalue weighted by Crippen LogP contribution is 2.27. The van der Waals surface area contributed by atoms with Crippen molar-refractivity contribution in [1.82, 2.24) is 9.38 Å². The van der Waals surface area contributed by atoms with Gasteiger partial charge in [-0.25, -0.2) is 4.98 Å². The van der Waals surface area contributed by atoms with Crippen LogP contribution in [-0.4, -0.2) is 9.38 Å². The first-order valence-electron chi connectivity index (χ1n) is 5.07. The lowest BCUT2D eigenvalue weighted by atomic mass is 10.4. The Kier molecular flexibility index (Phi) is 2.38. The molecule has 2 aromatic heterocycles. The van der Waals surface area contributed by atoms with Gasteiger partial charge in [-0.2, -0.15) is 0 Å². The van der Waals surface area contributed by atoms with Crippen molar-refractivity contribution < 1.29 is 0 Å². The summed E-state index contributed by atoms with van der Waals surface area (Å²) in [4.78, 5) is 6.69. The van der Waals surface area contributed by atoms with Crippen LogP contribution in [0.4, 0.5) is 0 Å². The van der Waals surface area contributed by atoms with Gasteiger partial charge in [-0.3, -0.25) is 0 Å². The maximum absolute atomic E-state index is 4.22. The highest BCUT2D eigenvalue weighted by atomic mass is 32.2. The lowest BCUT2D eigenvalue weighted by Crippen LogP contribution is -1.83. The highest BCUT2D eigenvalue weighted by molar-refractivity contribution is 7.99. The molecule has 3 heteroatoms. The fraction of sp³-hybridized carbons (Fsp3) is 0. The van der Waals surface area contributed by atoms with Crippen LogP contribution in [0.25, 0.3) is 5.65 Å². The Labute approximate surface area is 97.9 Å². The Bertz CT molecular complexity index is 601. The van der Waals surface area contributed by atoms with E-state index in [9.17, 15) is 0 Å². The number of hydrogen-bond acceptors (Lipinski definition) is 2. The van der Waals surface area contributed by atoms with Gasteiger partial charge in [0, 0.05) is 28.4 Å². The average molecular weight is 226 g/mol. The van der Waals surface area contributed by atoms with Crippen molar-refractivity contribution in [2.75, 3.05) is 0 Å². The zero-order valence-corrected chi connectivity index (χ0v) is 9.39. The number of benzene rings is 1. The Hall–Kier alpha value is -1.74. The summed E-state index contributed by atoms with van der Waals surface area (Å²) >= 11 is 1.76. The molecule has 0 radical (unpaired) electrons. The predicted octanol–water partition coefficient (Wildman–Crippen LogP) is 3.49. The number of fused-ring (bicyclic) bond motifs is 1. The number of nitrogens with zero attached hydrogens (tertiary/aromatic N) is 2. The van der Waals surface area contributed by atoms with Crippen molar-refractivity contribution in [3.8, 4) is 0 Å². The van der Waals surface area contributed by atoms with Crippen LogP contribution in [0.15, 0.2) is 70.8 Å². The van der Waals surface area contributed by atoms with Crippen LogP contribution in [0.2, 0.25) is 0 Å². The third-order valence-electron chi connectivity index (χ3n) is 2.34. The Morgan fingerprint density at radius 2 is 1.81 bits per heavy atom. The minimum atomic E-state index is 0.984. The summed E-state index contributed by atoms with van der Waals surface area (Å²) in [6, 6.07) is 14.5. The first-order chi connectivity index (χ1) is 7.92. The molecule has 2 nitrogen and oxygen atoms in total. The molecule has 16 heavy (non-hydrogen) atoms. The fourth-order valence-corrected chi connectivity index (χ4v) is 2.45. The lowest BCUT2D eigenvalue weighted by molar-refractivity contribution is 1.13. The molecule has 0 aliphatic heterocycles. The summed E-state index contributed by atoms with van der Waals surface area (Å²) < 4.78 is 2.03. The number of aromatic nitrogens is 2. The summed E-state index contributed by atoms with van der Waals surface area (Å²) in [6.07, 6.45) is 5.87. The predicted molar refractivity (Wildman–Crippen MR) is 65.8 cm³/mol. The third kappa shape index (κ3) is 1.82. The van der Waals surface area contributed by atoms with Crippen molar-refractivity contribution in [2.24, 2.45) is 0 Å². The van der Waals surface area contributed by atoms with Crippen LogP contribution in [0.3, 0.4) is 0 Å². The minimum Gasteiger partial charge on any atom is -0.306 e. The minimum absolute atomic E-state index is 0.984. The van der Waals surface area contributed by atoms with Crippen molar-refractivity contribution in [3.63, 3.8) is 0 Å². The second-order valence-corrected chi connectivity index (χ2v) is 4.62. The lowest BCUT2D eigenvalue weighted by Gasteiger charge is -2.02. The van der Waals surface area contributed by atoms with Gasteiger partial charge in [0.1, 0.15) is 5.65 Å². The van der Waals surface area contributed by atoms with Crippen molar-refractivity contribution in [1.29, 1.82) is 0 Å². The van der Waals surface area contributed by atoms with Gasteiger partial charge in [-0.15, -0.1) is 0 Å². The van der Waals surface area contributed by atoms with E-state index in [1.807, 2.05) is 28.9 Å². The van der Waals surface area contributed by atoms with E-state index in [2.05, 4.69) is 41.5 Å². The number of hydrogen-bond donors (Lipinski definition) is 0. The van der Waals surface area contributed by atoms with Gasteiger partial charge in [0.25, 0.3) is 0 Å². The molecule has 3 rings (SSSR count). The fourth-order valence-electron chi connectivity index (χ4n) is 1.58. The molecule has 78 valence electrons. The van der Waals surface area contributed by atoms with Gasteiger partial charge < -0.3 is 4.40 Å². The largest absolute Gasteiger partial charge is 0.306 e. The first-order valence-corrected chi connectivity index (χ1v) is 5.89. The van der Waals surface area contributed by atoms with E-state index in [-0.39, 0.29) is 0 Å². The molecule has 0 atom stereocenters. The molecule has 0 saturated heterocycles. The molecule has 0 unspecified atom stereocenters. The number of pyridine rings is 1. The van der Waals surface area contributed by atoms with Crippen LogP contribution in [0, 0.1) is 0 Å². The summed E-state index contributed by atoms with van der Waals surface area (Å²) in [7, 11) is 0. The number of imidazole rings is 1. The molecule has 3 aromatic rings. The van der Waals surface area contributed by atoms with E-state index in [1.54, 1.807) is 11.8 Å². The summed E-state index contributed by atoms with van der Waals surface area (Å²) in [5.74, 6) is 0. The van der Waals surface area contributed by atoms with E-state index in [0.717, 1.165) is 5.65 Å². The van der Waals surface area contributed by atoms with Crippen molar-refractivity contribution in [2.45, 2.75) is 9.79 Å². The molecule has 0 spiro atoms. The summed E-state index contributed by atoms with van der Waals surface area (Å²) in [5, 5.41) is 0. The van der Waals surface area contributed by atoms with Crippen LogP contribution in [0.5, 0.6) is 0 Å². The second-order valence-electron chi connectivity index (χ2n) is 3.47. The van der Waals surface area contributed by atoms with E-state index >= 15 is 0 Å². The molecule has 1 aromatic carbocycles. The Morgan fingerprint density at radius 3 is 2.69 bits per heavy atom. The van der Waals surface area contributed by atoms with E-state index in [4.69, 9.17) is 0 Å². The van der Waals surface area contributed by atoms with E-state index in [1.165, 1.54) is 9.79 Å². The highest BCUT2D eigenvalue weighted by Gasteiger charge is 1.98. The zero-order chi connectivity index (χ0) is 10.8. The van der Waals surface area contributed by atoms with Gasteiger partial charge in [0.15, 0.2) is 0 Å². The van der Waals surface area contributed by atoms with Crippen LogP contribution < -0.4 is 0 Å². The summed E-state index contributed by atoms with van der Waals surface area (Å²) in [5.41, 5.74) is 0.984. The normalized spacial score (nSPS) is 10.8. The van der Waals surface area contributed by atoms with Gasteiger partial charge in [-0.1, -0.05) is 30.0 Å². The molecular weight excluding hydrogens is 216 g/mol. The molecule has 0 aliphatic carbocycles. The molecule has 0 saturated carbocycles. The maximum atomic E-state index is 4.22. The van der Waals surface area contributed by atoms with Gasteiger partial charge in [0.2, 0.25) is 0 Å². The zero-order valence-electron chi connectivity index (χ0n) is 8.58. The monoisotopic (exact) mass is 226 g/mol. The molecular formula is C13H10N2S. The third-order valence-corrected chi connectivity index (χ3v) is 3.33. The van der Waals surface area contributed by atoms with Crippen molar-refractivity contribution >= 4 is 17.4 Å². The first kappa shape index (κ1) is 9.48. The van der Waals surface area contributed by atoms with E-state index < -0.39 is 0 Å². The maximum Gasteiger partial charge on any atom is 0.136 e. The SMILES string of the molecule is c1ccc(Sc2ccc3nccn3c2)cc1. The molecule has 0 fully saturated rings. The van der Waals surface area contributed by atoms with Gasteiger partial charge in [0.05, 0.1) is 0 Å². The van der Waals surface area contributed by atoms with Gasteiger partial charge in [-0.05, 0) is 24.3 Å². The average Bonchev–Trinajstić information content (AvgIpc) is 2.77. The van der Waals surface area contributed by atoms with Gasteiger partial charge >= 0.3 is 0 Å². The molecule has 2 heterocycles. The standard InChI is InChI=1S/C13H10N2S/c1-2-4-11(5-3-1)16-12-6-7-13-14-8-9-15(13)10-12/h1-10H. The van der Waals surface area contributed by atoms with Crippen LogP contribution >= 0.6 is 11.8 Å². The number of rotatable bonds is 2. The molecule has 0 N–H and O–H groups in total. The molecule has 0 amide bonds. The van der Waals surface area contributed by atoms with Crippen LogP contribution in [-0.2, 0) is 0 Å². The molecule has 0 bridgehead atoms. The second kappa shape index (κ2) is 4.02.